The maximum absolute atomic E-state index is 12.0. The summed E-state index contributed by atoms with van der Waals surface area (Å²) in [5.74, 6) is 0.557. The van der Waals surface area contributed by atoms with E-state index < -0.39 is 0 Å². The quantitative estimate of drug-likeness (QED) is 0.449. The molecular formula is C19H33N5O. The van der Waals surface area contributed by atoms with Crippen molar-refractivity contribution in [2.45, 2.75) is 39.7 Å². The van der Waals surface area contributed by atoms with Crippen molar-refractivity contribution in [1.82, 2.24) is 15.5 Å². The Hall–Kier alpha value is -2.08. The molecule has 140 valence electrons. The highest BCUT2D eigenvalue weighted by Gasteiger charge is 2.08. The van der Waals surface area contributed by atoms with Gasteiger partial charge in [0.1, 0.15) is 0 Å². The smallest absolute Gasteiger partial charge is 0.243 e. The van der Waals surface area contributed by atoms with Crippen LogP contribution < -0.4 is 16.0 Å². The number of hydrogen-bond donors (Lipinski definition) is 3. The average molecular weight is 348 g/mol. The van der Waals surface area contributed by atoms with Crippen LogP contribution in [0.5, 0.6) is 0 Å². The highest BCUT2D eigenvalue weighted by atomic mass is 16.1. The van der Waals surface area contributed by atoms with Gasteiger partial charge >= 0.3 is 0 Å². The predicted octanol–water partition coefficient (Wildman–Crippen LogP) is 2.30. The minimum absolute atomic E-state index is 0.0941. The fourth-order valence-corrected chi connectivity index (χ4v) is 2.55. The monoisotopic (exact) mass is 347 g/mol. The lowest BCUT2D eigenvalue weighted by Crippen LogP contribution is -2.45. The normalized spacial score (nSPS) is 12.8. The van der Waals surface area contributed by atoms with Gasteiger partial charge in [-0.05, 0) is 51.5 Å². The molecule has 0 saturated heterocycles. The zero-order chi connectivity index (χ0) is 18.5. The Balaban J connectivity index is 2.28. The summed E-state index contributed by atoms with van der Waals surface area (Å²) in [6.45, 7) is 10.0. The predicted molar refractivity (Wildman–Crippen MR) is 106 cm³/mol. The van der Waals surface area contributed by atoms with E-state index in [2.05, 4.69) is 46.6 Å². The number of para-hydroxylation sites is 1. The lowest BCUT2D eigenvalue weighted by molar-refractivity contribution is -0.115. The lowest BCUT2D eigenvalue weighted by atomic mass is 10.2. The van der Waals surface area contributed by atoms with Gasteiger partial charge in [-0.25, -0.2) is 0 Å². The van der Waals surface area contributed by atoms with Crippen molar-refractivity contribution < 1.29 is 4.79 Å². The van der Waals surface area contributed by atoms with Crippen LogP contribution in [0.3, 0.4) is 0 Å². The Bertz CT molecular complexity index is 514. The first-order valence-corrected chi connectivity index (χ1v) is 9.13. The molecule has 0 aliphatic carbocycles. The van der Waals surface area contributed by atoms with Gasteiger partial charge < -0.3 is 20.9 Å². The van der Waals surface area contributed by atoms with E-state index in [0.717, 1.165) is 38.2 Å². The molecule has 6 heteroatoms. The molecule has 1 rings (SSSR count). The van der Waals surface area contributed by atoms with Crippen LogP contribution in [0.15, 0.2) is 35.3 Å². The van der Waals surface area contributed by atoms with Crippen molar-refractivity contribution >= 4 is 17.6 Å². The number of hydrogen-bond acceptors (Lipinski definition) is 3. The lowest BCUT2D eigenvalue weighted by Gasteiger charge is -2.21. The second kappa shape index (κ2) is 12.3. The van der Waals surface area contributed by atoms with Gasteiger partial charge in [0, 0.05) is 18.8 Å². The van der Waals surface area contributed by atoms with E-state index in [-0.39, 0.29) is 12.5 Å². The van der Waals surface area contributed by atoms with Gasteiger partial charge in [-0.15, -0.1) is 0 Å². The maximum atomic E-state index is 12.0. The first kappa shape index (κ1) is 21.0. The summed E-state index contributed by atoms with van der Waals surface area (Å²) in [6, 6.07) is 9.74. The van der Waals surface area contributed by atoms with Gasteiger partial charge in [-0.3, -0.25) is 9.79 Å². The van der Waals surface area contributed by atoms with Crippen molar-refractivity contribution in [2.75, 3.05) is 38.5 Å². The number of anilines is 1. The second-order valence-electron chi connectivity index (χ2n) is 6.05. The number of guanidine groups is 1. The third-order valence-corrected chi connectivity index (χ3v) is 4.09. The molecule has 0 bridgehead atoms. The third kappa shape index (κ3) is 9.10. The van der Waals surface area contributed by atoms with E-state index in [0.29, 0.717) is 12.0 Å². The number of benzene rings is 1. The molecule has 1 aromatic rings. The molecule has 3 N–H and O–H groups in total. The SMILES string of the molecule is CCN(CC)CCCC(C)NC(=NC)NCC(=O)Nc1ccccc1. The molecule has 1 unspecified atom stereocenters. The first-order chi connectivity index (χ1) is 12.1. The van der Waals surface area contributed by atoms with E-state index in [9.17, 15) is 4.79 Å². The fraction of sp³-hybridized carbons (Fsp3) is 0.579. The Morgan fingerprint density at radius 3 is 2.48 bits per heavy atom. The van der Waals surface area contributed by atoms with Crippen LogP contribution in [-0.2, 0) is 4.79 Å². The summed E-state index contributed by atoms with van der Waals surface area (Å²) in [5.41, 5.74) is 0.794. The van der Waals surface area contributed by atoms with Crippen molar-refractivity contribution in [3.8, 4) is 0 Å². The minimum Gasteiger partial charge on any atom is -0.354 e. The highest BCUT2D eigenvalue weighted by molar-refractivity contribution is 5.94. The highest BCUT2D eigenvalue weighted by Crippen LogP contribution is 2.04. The van der Waals surface area contributed by atoms with Gasteiger partial charge in [0.2, 0.25) is 5.91 Å². The Kier molecular flexibility index (Phi) is 10.3. The van der Waals surface area contributed by atoms with Crippen LogP contribution in [-0.4, -0.2) is 56.0 Å². The van der Waals surface area contributed by atoms with Gasteiger partial charge in [-0.1, -0.05) is 32.0 Å². The molecule has 1 atom stereocenters. The molecule has 0 aromatic heterocycles. The van der Waals surface area contributed by atoms with E-state index in [1.807, 2.05) is 30.3 Å². The number of nitrogens with zero attached hydrogens (tertiary/aromatic N) is 2. The fourth-order valence-electron chi connectivity index (χ4n) is 2.55. The maximum Gasteiger partial charge on any atom is 0.243 e. The van der Waals surface area contributed by atoms with Crippen molar-refractivity contribution in [2.24, 2.45) is 4.99 Å². The Morgan fingerprint density at radius 1 is 1.20 bits per heavy atom. The van der Waals surface area contributed by atoms with Crippen molar-refractivity contribution in [1.29, 1.82) is 0 Å². The number of rotatable bonds is 10. The van der Waals surface area contributed by atoms with Crippen LogP contribution in [0.2, 0.25) is 0 Å². The number of carbonyl (C=O) groups is 1. The van der Waals surface area contributed by atoms with Gasteiger partial charge in [-0.2, -0.15) is 0 Å². The molecular weight excluding hydrogens is 314 g/mol. The van der Waals surface area contributed by atoms with Gasteiger partial charge in [0.25, 0.3) is 0 Å². The average Bonchev–Trinajstić information content (AvgIpc) is 2.63. The van der Waals surface area contributed by atoms with Gasteiger partial charge in [0.15, 0.2) is 5.96 Å². The molecule has 0 saturated carbocycles. The van der Waals surface area contributed by atoms with Gasteiger partial charge in [0.05, 0.1) is 6.54 Å². The van der Waals surface area contributed by atoms with E-state index in [1.165, 1.54) is 0 Å². The first-order valence-electron chi connectivity index (χ1n) is 9.13. The molecule has 0 aliphatic rings. The van der Waals surface area contributed by atoms with Crippen molar-refractivity contribution in [3.05, 3.63) is 30.3 Å². The second-order valence-corrected chi connectivity index (χ2v) is 6.05. The van der Waals surface area contributed by atoms with Crippen LogP contribution in [0.25, 0.3) is 0 Å². The summed E-state index contributed by atoms with van der Waals surface area (Å²) in [4.78, 5) is 18.6. The van der Waals surface area contributed by atoms with Crippen LogP contribution in [0, 0.1) is 0 Å². The zero-order valence-electron chi connectivity index (χ0n) is 16.0. The Labute approximate surface area is 152 Å². The molecule has 6 nitrogen and oxygen atoms in total. The topological polar surface area (TPSA) is 68.8 Å². The summed E-state index contributed by atoms with van der Waals surface area (Å²) >= 11 is 0. The molecule has 25 heavy (non-hydrogen) atoms. The van der Waals surface area contributed by atoms with Crippen LogP contribution in [0.1, 0.15) is 33.6 Å². The Morgan fingerprint density at radius 2 is 1.88 bits per heavy atom. The number of nitrogens with one attached hydrogen (secondary N) is 3. The molecule has 0 spiro atoms. The number of carbonyl (C=O) groups excluding carboxylic acids is 1. The number of amides is 1. The van der Waals surface area contributed by atoms with E-state index in [4.69, 9.17) is 0 Å². The standard InChI is InChI=1S/C19H33N5O/c1-5-24(6-2)14-10-11-16(3)22-19(20-4)21-15-18(25)23-17-12-8-7-9-13-17/h7-9,12-13,16H,5-6,10-11,14-15H2,1-4H3,(H,23,25)(H2,20,21,22). The van der Waals surface area contributed by atoms with E-state index in [1.54, 1.807) is 7.05 Å². The van der Waals surface area contributed by atoms with Crippen LogP contribution in [0.4, 0.5) is 5.69 Å². The number of aliphatic imine (C=N–C) groups is 1. The summed E-state index contributed by atoms with van der Waals surface area (Å²) in [6.07, 6.45) is 2.20. The van der Waals surface area contributed by atoms with E-state index >= 15 is 0 Å². The molecule has 1 amide bonds. The molecule has 1 aromatic carbocycles. The molecule has 0 fully saturated rings. The molecule has 0 heterocycles. The van der Waals surface area contributed by atoms with Crippen molar-refractivity contribution in [3.63, 3.8) is 0 Å². The zero-order valence-corrected chi connectivity index (χ0v) is 16.0. The third-order valence-electron chi connectivity index (χ3n) is 4.09. The largest absolute Gasteiger partial charge is 0.354 e. The summed E-state index contributed by atoms with van der Waals surface area (Å²) in [7, 11) is 1.72. The minimum atomic E-state index is -0.0941. The summed E-state index contributed by atoms with van der Waals surface area (Å²) < 4.78 is 0. The molecule has 0 radical (unpaired) electrons. The summed E-state index contributed by atoms with van der Waals surface area (Å²) in [5, 5.41) is 9.24. The molecule has 0 aliphatic heterocycles. The van der Waals surface area contributed by atoms with Crippen LogP contribution >= 0.6 is 0 Å².